The second-order valence-corrected chi connectivity index (χ2v) is 7.46. The average molecular weight is 341 g/mol. The predicted octanol–water partition coefficient (Wildman–Crippen LogP) is 2.71. The lowest BCUT2D eigenvalue weighted by molar-refractivity contribution is 0.451. The van der Waals surface area contributed by atoms with Crippen LogP contribution in [0.2, 0.25) is 0 Å². The molecule has 0 amide bonds. The van der Waals surface area contributed by atoms with E-state index in [0.29, 0.717) is 11.7 Å². The Kier molecular flexibility index (Phi) is 3.84. The number of aromatic nitrogens is 3. The lowest BCUT2D eigenvalue weighted by atomic mass is 9.86. The normalized spacial score (nSPS) is 17.1. The van der Waals surface area contributed by atoms with Gasteiger partial charge >= 0.3 is 0 Å². The molecule has 0 aromatic carbocycles. The number of rotatable bonds is 3. The maximum absolute atomic E-state index is 12.6. The fourth-order valence-electron chi connectivity index (χ4n) is 3.47. The summed E-state index contributed by atoms with van der Waals surface area (Å²) >= 11 is 1.64. The standard InChI is InChI=1S/C18H19N3O2S/c1-2-11-6-7-12-13(9-11)24-18-16(12)17(23)19-14(20-18)10-21-8-4-3-5-15(21)22/h3-5,8,11H,2,6-7,9-10H2,1H3,(H,19,20,23). The molecule has 0 spiro atoms. The molecule has 1 atom stereocenters. The molecule has 0 saturated heterocycles. The van der Waals surface area contributed by atoms with Gasteiger partial charge in [0.05, 0.1) is 11.9 Å². The molecular weight excluding hydrogens is 322 g/mol. The molecule has 1 N–H and O–H groups in total. The lowest BCUT2D eigenvalue weighted by Gasteiger charge is -2.20. The zero-order valence-corrected chi connectivity index (χ0v) is 14.4. The third kappa shape index (κ3) is 2.60. The molecule has 1 aliphatic rings. The summed E-state index contributed by atoms with van der Waals surface area (Å²) in [4.78, 5) is 34.0. The lowest BCUT2D eigenvalue weighted by Crippen LogP contribution is -2.22. The van der Waals surface area contributed by atoms with E-state index in [4.69, 9.17) is 0 Å². The highest BCUT2D eigenvalue weighted by molar-refractivity contribution is 7.18. The number of fused-ring (bicyclic) bond motifs is 3. The van der Waals surface area contributed by atoms with Crippen molar-refractivity contribution in [3.8, 4) is 0 Å². The van der Waals surface area contributed by atoms with Crippen LogP contribution < -0.4 is 11.1 Å². The number of pyridine rings is 1. The third-order valence-corrected chi connectivity index (χ3v) is 6.01. The Balaban J connectivity index is 1.77. The Morgan fingerprint density at radius 1 is 1.38 bits per heavy atom. The van der Waals surface area contributed by atoms with Crippen molar-refractivity contribution in [1.82, 2.24) is 14.5 Å². The zero-order valence-electron chi connectivity index (χ0n) is 13.5. The van der Waals surface area contributed by atoms with Crippen LogP contribution in [0.4, 0.5) is 0 Å². The highest BCUT2D eigenvalue weighted by Gasteiger charge is 2.24. The number of nitrogens with zero attached hydrogens (tertiary/aromatic N) is 2. The molecule has 4 rings (SSSR count). The van der Waals surface area contributed by atoms with E-state index in [9.17, 15) is 9.59 Å². The molecule has 3 heterocycles. The smallest absolute Gasteiger partial charge is 0.259 e. The molecule has 24 heavy (non-hydrogen) atoms. The largest absolute Gasteiger partial charge is 0.308 e. The van der Waals surface area contributed by atoms with Gasteiger partial charge in [-0.05, 0) is 36.8 Å². The minimum absolute atomic E-state index is 0.0774. The first kappa shape index (κ1) is 15.3. The van der Waals surface area contributed by atoms with Gasteiger partial charge in [-0.15, -0.1) is 11.3 Å². The van der Waals surface area contributed by atoms with E-state index >= 15 is 0 Å². The molecule has 0 saturated carbocycles. The van der Waals surface area contributed by atoms with Gasteiger partial charge in [0.2, 0.25) is 0 Å². The van der Waals surface area contributed by atoms with Crippen molar-refractivity contribution >= 4 is 21.6 Å². The summed E-state index contributed by atoms with van der Waals surface area (Å²) in [7, 11) is 0. The van der Waals surface area contributed by atoms with Crippen molar-refractivity contribution in [3.05, 3.63) is 61.4 Å². The van der Waals surface area contributed by atoms with Gasteiger partial charge in [0.25, 0.3) is 11.1 Å². The van der Waals surface area contributed by atoms with Crippen molar-refractivity contribution in [2.24, 2.45) is 5.92 Å². The molecule has 3 aromatic rings. The molecule has 0 fully saturated rings. The van der Waals surface area contributed by atoms with Crippen LogP contribution in [-0.2, 0) is 19.4 Å². The van der Waals surface area contributed by atoms with Crippen molar-refractivity contribution in [3.63, 3.8) is 0 Å². The molecule has 124 valence electrons. The minimum Gasteiger partial charge on any atom is -0.308 e. The molecule has 0 bridgehead atoms. The van der Waals surface area contributed by atoms with Gasteiger partial charge in [-0.2, -0.15) is 0 Å². The van der Waals surface area contributed by atoms with Crippen LogP contribution in [0.1, 0.15) is 36.0 Å². The molecular formula is C18H19N3O2S. The number of thiophene rings is 1. The maximum Gasteiger partial charge on any atom is 0.259 e. The van der Waals surface area contributed by atoms with Gasteiger partial charge < -0.3 is 9.55 Å². The van der Waals surface area contributed by atoms with Crippen LogP contribution in [0.3, 0.4) is 0 Å². The monoisotopic (exact) mass is 341 g/mol. The van der Waals surface area contributed by atoms with Crippen LogP contribution in [0, 0.1) is 5.92 Å². The Bertz CT molecular complexity index is 1020. The quantitative estimate of drug-likeness (QED) is 0.796. The van der Waals surface area contributed by atoms with Crippen LogP contribution in [-0.4, -0.2) is 14.5 Å². The number of nitrogens with one attached hydrogen (secondary N) is 1. The molecule has 6 heteroatoms. The van der Waals surface area contributed by atoms with Gasteiger partial charge in [0, 0.05) is 17.1 Å². The average Bonchev–Trinajstić information content (AvgIpc) is 2.94. The topological polar surface area (TPSA) is 67.8 Å². The molecule has 5 nitrogen and oxygen atoms in total. The molecule has 1 aliphatic carbocycles. The first-order valence-electron chi connectivity index (χ1n) is 8.34. The summed E-state index contributed by atoms with van der Waals surface area (Å²) in [5.74, 6) is 1.25. The molecule has 0 aliphatic heterocycles. The van der Waals surface area contributed by atoms with E-state index in [1.807, 2.05) is 0 Å². The van der Waals surface area contributed by atoms with Crippen molar-refractivity contribution in [1.29, 1.82) is 0 Å². The van der Waals surface area contributed by atoms with Crippen LogP contribution in [0.25, 0.3) is 10.2 Å². The Labute approximate surface area is 143 Å². The fourth-order valence-corrected chi connectivity index (χ4v) is 4.83. The number of hydrogen-bond donors (Lipinski definition) is 1. The summed E-state index contributed by atoms with van der Waals surface area (Å²) in [5.41, 5.74) is 1.01. The van der Waals surface area contributed by atoms with Crippen LogP contribution in [0.15, 0.2) is 34.0 Å². The van der Waals surface area contributed by atoms with Gasteiger partial charge in [-0.25, -0.2) is 4.98 Å². The number of aromatic amines is 1. The van der Waals surface area contributed by atoms with Crippen LogP contribution >= 0.6 is 11.3 Å². The highest BCUT2D eigenvalue weighted by atomic mass is 32.1. The van der Waals surface area contributed by atoms with E-state index in [-0.39, 0.29) is 17.7 Å². The second kappa shape index (κ2) is 6.02. The number of hydrogen-bond acceptors (Lipinski definition) is 4. The van der Waals surface area contributed by atoms with E-state index in [0.717, 1.165) is 29.5 Å². The SMILES string of the molecule is CCC1CCc2c(sc3nc(Cn4ccccc4=O)[nH]c(=O)c23)C1. The second-order valence-electron chi connectivity index (χ2n) is 6.38. The third-order valence-electron chi connectivity index (χ3n) is 4.87. The Morgan fingerprint density at radius 2 is 2.25 bits per heavy atom. The minimum atomic E-state index is -0.100. The maximum atomic E-state index is 12.6. The van der Waals surface area contributed by atoms with E-state index in [2.05, 4.69) is 16.9 Å². The van der Waals surface area contributed by atoms with E-state index < -0.39 is 0 Å². The van der Waals surface area contributed by atoms with Crippen molar-refractivity contribution in [2.45, 2.75) is 39.2 Å². The summed E-state index contributed by atoms with van der Waals surface area (Å²) in [6.45, 7) is 2.51. The molecule has 3 aromatic heterocycles. The van der Waals surface area contributed by atoms with Crippen LogP contribution in [0.5, 0.6) is 0 Å². The first-order chi connectivity index (χ1) is 11.7. The van der Waals surface area contributed by atoms with E-state index in [1.165, 1.54) is 22.9 Å². The van der Waals surface area contributed by atoms with Gasteiger partial charge in [0.1, 0.15) is 10.7 Å². The van der Waals surface area contributed by atoms with Gasteiger partial charge in [-0.3, -0.25) is 9.59 Å². The number of H-pyrrole nitrogens is 1. The summed E-state index contributed by atoms with van der Waals surface area (Å²) < 4.78 is 1.55. The van der Waals surface area contributed by atoms with Crippen molar-refractivity contribution < 1.29 is 0 Å². The fraction of sp³-hybridized carbons (Fsp3) is 0.389. The highest BCUT2D eigenvalue weighted by Crippen LogP contribution is 2.36. The summed E-state index contributed by atoms with van der Waals surface area (Å²) in [5, 5.41) is 0.758. The zero-order chi connectivity index (χ0) is 16.7. The first-order valence-corrected chi connectivity index (χ1v) is 9.16. The van der Waals surface area contributed by atoms with Gasteiger partial charge in [0.15, 0.2) is 0 Å². The summed E-state index contributed by atoms with van der Waals surface area (Å²) in [6, 6.07) is 5.01. The van der Waals surface area contributed by atoms with E-state index in [1.54, 1.807) is 34.2 Å². The Morgan fingerprint density at radius 3 is 3.04 bits per heavy atom. The Hall–Kier alpha value is -2.21. The molecule has 1 unspecified atom stereocenters. The summed E-state index contributed by atoms with van der Waals surface area (Å²) in [6.07, 6.45) is 6.06. The molecule has 0 radical (unpaired) electrons. The number of aryl methyl sites for hydroxylation is 1. The predicted molar refractivity (Wildman–Crippen MR) is 95.9 cm³/mol. The van der Waals surface area contributed by atoms with Crippen molar-refractivity contribution in [2.75, 3.05) is 0 Å². The van der Waals surface area contributed by atoms with Gasteiger partial charge in [-0.1, -0.05) is 19.4 Å².